The van der Waals surface area contributed by atoms with Crippen LogP contribution in [-0.4, -0.2) is 46.2 Å². The molecule has 0 aromatic heterocycles. The minimum Gasteiger partial charge on any atom is -0.481 e. The van der Waals surface area contributed by atoms with E-state index in [4.69, 9.17) is 0 Å². The summed E-state index contributed by atoms with van der Waals surface area (Å²) in [6.45, 7) is 0.631. The van der Waals surface area contributed by atoms with E-state index in [-0.39, 0.29) is 25.0 Å². The van der Waals surface area contributed by atoms with E-state index in [0.717, 1.165) is 25.7 Å². The first-order valence-corrected chi connectivity index (χ1v) is 6.73. The van der Waals surface area contributed by atoms with Crippen LogP contribution >= 0.6 is 0 Å². The molecule has 18 heavy (non-hydrogen) atoms. The predicted molar refractivity (Wildman–Crippen MR) is 65.0 cm³/mol. The molecule has 1 unspecified atom stereocenters. The van der Waals surface area contributed by atoms with E-state index in [1.165, 1.54) is 0 Å². The minimum atomic E-state index is -0.848. The molecule has 0 aromatic rings. The summed E-state index contributed by atoms with van der Waals surface area (Å²) in [5.41, 5.74) is -0.848. The van der Waals surface area contributed by atoms with Crippen LogP contribution in [0.2, 0.25) is 0 Å². The van der Waals surface area contributed by atoms with Crippen LogP contribution in [0.1, 0.15) is 44.9 Å². The van der Waals surface area contributed by atoms with Crippen LogP contribution in [0.3, 0.4) is 0 Å². The van der Waals surface area contributed by atoms with Crippen molar-refractivity contribution in [3.63, 3.8) is 0 Å². The van der Waals surface area contributed by atoms with E-state index >= 15 is 0 Å². The molecule has 1 atom stereocenters. The smallest absolute Gasteiger partial charge is 0.310 e. The fraction of sp³-hybridized carbons (Fsp3) is 0.846. The molecule has 5 heteroatoms. The van der Waals surface area contributed by atoms with Crippen molar-refractivity contribution in [2.45, 2.75) is 51.0 Å². The maximum atomic E-state index is 12.2. The van der Waals surface area contributed by atoms with Crippen LogP contribution in [0.5, 0.6) is 0 Å². The second-order valence-corrected chi connectivity index (χ2v) is 5.54. The zero-order valence-electron chi connectivity index (χ0n) is 10.6. The molecule has 102 valence electrons. The van der Waals surface area contributed by atoms with Crippen molar-refractivity contribution < 1.29 is 19.8 Å². The molecule has 0 radical (unpaired) electrons. The fourth-order valence-corrected chi connectivity index (χ4v) is 3.26. The van der Waals surface area contributed by atoms with Gasteiger partial charge in [-0.05, 0) is 25.7 Å². The van der Waals surface area contributed by atoms with E-state index < -0.39 is 11.4 Å². The Hall–Kier alpha value is -1.10. The van der Waals surface area contributed by atoms with Crippen molar-refractivity contribution in [2.75, 3.05) is 13.2 Å². The van der Waals surface area contributed by atoms with Gasteiger partial charge in [-0.15, -0.1) is 0 Å². The Kier molecular flexibility index (Phi) is 3.90. The SMILES string of the molecule is O=C(CC1(C(=O)O)CCCC1)N1CCCC1CO. The molecule has 1 saturated carbocycles. The Labute approximate surface area is 107 Å². The van der Waals surface area contributed by atoms with Gasteiger partial charge >= 0.3 is 5.97 Å². The molecule has 2 fully saturated rings. The molecule has 1 heterocycles. The average Bonchev–Trinajstić information content (AvgIpc) is 2.97. The standard InChI is InChI=1S/C13H21NO4/c15-9-10-4-3-7-14(10)11(16)8-13(12(17)18)5-1-2-6-13/h10,15H,1-9H2,(H,17,18). The summed E-state index contributed by atoms with van der Waals surface area (Å²) >= 11 is 0. The molecule has 5 nitrogen and oxygen atoms in total. The molecule has 1 aliphatic heterocycles. The predicted octanol–water partition coefficient (Wildman–Crippen LogP) is 1.00. The molecular formula is C13H21NO4. The molecule has 2 rings (SSSR count). The molecule has 2 aliphatic rings. The lowest BCUT2D eigenvalue weighted by molar-refractivity contribution is -0.153. The first kappa shape index (κ1) is 13.3. The highest BCUT2D eigenvalue weighted by Gasteiger charge is 2.44. The maximum Gasteiger partial charge on any atom is 0.310 e. The van der Waals surface area contributed by atoms with Gasteiger partial charge in [0.1, 0.15) is 0 Å². The summed E-state index contributed by atoms with van der Waals surface area (Å²) in [6.07, 6.45) is 4.81. The van der Waals surface area contributed by atoms with E-state index in [1.807, 2.05) is 0 Å². The number of carboxylic acid groups (broad SMARTS) is 1. The highest BCUT2D eigenvalue weighted by atomic mass is 16.4. The summed E-state index contributed by atoms with van der Waals surface area (Å²) in [5, 5.41) is 18.6. The van der Waals surface area contributed by atoms with Crippen LogP contribution in [-0.2, 0) is 9.59 Å². The van der Waals surface area contributed by atoms with Gasteiger partial charge in [0, 0.05) is 13.0 Å². The van der Waals surface area contributed by atoms with Crippen molar-refractivity contribution >= 4 is 11.9 Å². The van der Waals surface area contributed by atoms with Gasteiger partial charge < -0.3 is 15.1 Å². The number of likely N-dealkylation sites (tertiary alicyclic amines) is 1. The normalized spacial score (nSPS) is 26.5. The van der Waals surface area contributed by atoms with Crippen LogP contribution in [0.15, 0.2) is 0 Å². The van der Waals surface area contributed by atoms with E-state index in [2.05, 4.69) is 0 Å². The fourth-order valence-electron chi connectivity index (χ4n) is 3.26. The van der Waals surface area contributed by atoms with Crippen LogP contribution in [0.25, 0.3) is 0 Å². The van der Waals surface area contributed by atoms with E-state index in [9.17, 15) is 19.8 Å². The van der Waals surface area contributed by atoms with Crippen molar-refractivity contribution in [1.29, 1.82) is 0 Å². The van der Waals surface area contributed by atoms with Crippen LogP contribution in [0.4, 0.5) is 0 Å². The average molecular weight is 255 g/mol. The molecule has 0 bridgehead atoms. The minimum absolute atomic E-state index is 0.0220. The Bertz CT molecular complexity index is 336. The zero-order valence-corrected chi connectivity index (χ0v) is 10.6. The number of aliphatic hydroxyl groups excluding tert-OH is 1. The Morgan fingerprint density at radius 3 is 2.44 bits per heavy atom. The molecule has 2 N–H and O–H groups in total. The lowest BCUT2D eigenvalue weighted by Gasteiger charge is -2.29. The summed E-state index contributed by atoms with van der Waals surface area (Å²) in [5.74, 6) is -0.941. The van der Waals surface area contributed by atoms with Gasteiger partial charge in [0.15, 0.2) is 0 Å². The van der Waals surface area contributed by atoms with Gasteiger partial charge in [0.25, 0.3) is 0 Å². The van der Waals surface area contributed by atoms with Crippen molar-refractivity contribution in [3.05, 3.63) is 0 Å². The molecule has 1 amide bonds. The van der Waals surface area contributed by atoms with Crippen LogP contribution < -0.4 is 0 Å². The number of aliphatic hydroxyl groups is 1. The monoisotopic (exact) mass is 255 g/mol. The van der Waals surface area contributed by atoms with Crippen molar-refractivity contribution in [1.82, 2.24) is 4.90 Å². The molecular weight excluding hydrogens is 234 g/mol. The number of amides is 1. The van der Waals surface area contributed by atoms with Gasteiger partial charge in [-0.25, -0.2) is 0 Å². The number of carbonyl (C=O) groups excluding carboxylic acids is 1. The number of aliphatic carboxylic acids is 1. The maximum absolute atomic E-state index is 12.2. The lowest BCUT2D eigenvalue weighted by Crippen LogP contribution is -2.42. The lowest BCUT2D eigenvalue weighted by atomic mass is 9.82. The molecule has 1 saturated heterocycles. The summed E-state index contributed by atoms with van der Waals surface area (Å²) < 4.78 is 0. The summed E-state index contributed by atoms with van der Waals surface area (Å²) in [4.78, 5) is 25.3. The Balaban J connectivity index is 2.03. The number of rotatable bonds is 4. The number of carboxylic acids is 1. The van der Waals surface area contributed by atoms with Crippen LogP contribution in [0, 0.1) is 5.41 Å². The quantitative estimate of drug-likeness (QED) is 0.785. The summed E-state index contributed by atoms with van der Waals surface area (Å²) in [6, 6.07) is -0.107. The number of carbonyl (C=O) groups is 2. The molecule has 0 aromatic carbocycles. The Morgan fingerprint density at radius 1 is 1.22 bits per heavy atom. The largest absolute Gasteiger partial charge is 0.481 e. The number of nitrogens with zero attached hydrogens (tertiary/aromatic N) is 1. The van der Waals surface area contributed by atoms with Gasteiger partial charge in [0.2, 0.25) is 5.91 Å². The molecule has 0 spiro atoms. The van der Waals surface area contributed by atoms with E-state index in [1.54, 1.807) is 4.90 Å². The molecule has 1 aliphatic carbocycles. The van der Waals surface area contributed by atoms with Crippen molar-refractivity contribution in [2.24, 2.45) is 5.41 Å². The Morgan fingerprint density at radius 2 is 1.89 bits per heavy atom. The zero-order chi connectivity index (χ0) is 13.2. The van der Waals surface area contributed by atoms with Gasteiger partial charge in [-0.3, -0.25) is 9.59 Å². The highest BCUT2D eigenvalue weighted by Crippen LogP contribution is 2.42. The topological polar surface area (TPSA) is 77.8 Å². The second-order valence-electron chi connectivity index (χ2n) is 5.54. The first-order chi connectivity index (χ1) is 8.59. The number of hydrogen-bond acceptors (Lipinski definition) is 3. The third-order valence-corrected chi connectivity index (χ3v) is 4.41. The van der Waals surface area contributed by atoms with Gasteiger partial charge in [-0.2, -0.15) is 0 Å². The number of hydrogen-bond donors (Lipinski definition) is 2. The third kappa shape index (κ3) is 2.36. The van der Waals surface area contributed by atoms with Gasteiger partial charge in [0.05, 0.1) is 18.1 Å². The van der Waals surface area contributed by atoms with Gasteiger partial charge in [-0.1, -0.05) is 12.8 Å². The summed E-state index contributed by atoms with van der Waals surface area (Å²) in [7, 11) is 0. The second kappa shape index (κ2) is 5.26. The third-order valence-electron chi connectivity index (χ3n) is 4.41. The highest BCUT2D eigenvalue weighted by molar-refractivity contribution is 5.85. The van der Waals surface area contributed by atoms with Crippen molar-refractivity contribution in [3.8, 4) is 0 Å². The van der Waals surface area contributed by atoms with E-state index in [0.29, 0.717) is 19.4 Å². The first-order valence-electron chi connectivity index (χ1n) is 6.73.